The van der Waals surface area contributed by atoms with E-state index in [-0.39, 0.29) is 5.56 Å². The lowest BCUT2D eigenvalue weighted by molar-refractivity contribution is -0.147. The summed E-state index contributed by atoms with van der Waals surface area (Å²) in [7, 11) is 0. The van der Waals surface area contributed by atoms with Crippen molar-refractivity contribution in [1.29, 1.82) is 0 Å². The average molecular weight is 463 g/mol. The molecule has 0 aromatic heterocycles. The van der Waals surface area contributed by atoms with Crippen LogP contribution in [-0.4, -0.2) is 12.1 Å². The summed E-state index contributed by atoms with van der Waals surface area (Å²) in [6.07, 6.45) is -3.98. The third-order valence-corrected chi connectivity index (χ3v) is 5.80. The van der Waals surface area contributed by atoms with Crippen LogP contribution >= 0.6 is 11.6 Å². The maximum Gasteiger partial charge on any atom is 0.426 e. The maximum absolute atomic E-state index is 14.8. The van der Waals surface area contributed by atoms with Gasteiger partial charge in [0.15, 0.2) is 0 Å². The number of hydrogen-bond donors (Lipinski definition) is 0. The van der Waals surface area contributed by atoms with Crippen molar-refractivity contribution in [3.05, 3.63) is 70.5 Å². The summed E-state index contributed by atoms with van der Waals surface area (Å²) in [5.41, 5.74) is -1.09. The highest BCUT2D eigenvalue weighted by atomic mass is 35.5. The Balaban J connectivity index is 1.76. The lowest BCUT2D eigenvalue weighted by Crippen LogP contribution is -2.12. The van der Waals surface area contributed by atoms with Crippen molar-refractivity contribution < 1.29 is 35.9 Å². The van der Waals surface area contributed by atoms with Gasteiger partial charge in [0.05, 0.1) is 11.5 Å². The second-order valence-electron chi connectivity index (χ2n) is 7.84. The van der Waals surface area contributed by atoms with Gasteiger partial charge in [-0.05, 0) is 41.2 Å². The summed E-state index contributed by atoms with van der Waals surface area (Å²) >= 11 is 5.25. The molecule has 1 aliphatic rings. The topological polar surface area (TPSA) is 26.3 Å². The normalized spacial score (nSPS) is 20.5. The standard InChI is InChI=1S/C22H17ClF6O2/c1-21(2)15(9-17(23)22(27,28)29)18(21)20(30)31-10-14-16(25)8-7-13(19(14)26)11-3-5-12(24)6-4-11/h3-9,15,18H,10H2,1-2H3. The van der Waals surface area contributed by atoms with E-state index < -0.39 is 64.1 Å². The zero-order chi connectivity index (χ0) is 23.1. The first-order chi connectivity index (χ1) is 14.3. The van der Waals surface area contributed by atoms with Gasteiger partial charge in [-0.3, -0.25) is 4.79 Å². The van der Waals surface area contributed by atoms with Gasteiger partial charge in [0.1, 0.15) is 29.1 Å². The lowest BCUT2D eigenvalue weighted by atomic mass is 10.0. The Labute approximate surface area is 179 Å². The minimum Gasteiger partial charge on any atom is -0.460 e. The summed E-state index contributed by atoms with van der Waals surface area (Å²) in [5, 5.41) is -1.34. The fourth-order valence-electron chi connectivity index (χ4n) is 3.51. The van der Waals surface area contributed by atoms with E-state index in [1.807, 2.05) is 0 Å². The van der Waals surface area contributed by atoms with Crippen LogP contribution in [0.5, 0.6) is 0 Å². The summed E-state index contributed by atoms with van der Waals surface area (Å²) in [6.45, 7) is 2.38. The number of benzene rings is 2. The van der Waals surface area contributed by atoms with Crippen LogP contribution in [0.4, 0.5) is 26.3 Å². The van der Waals surface area contributed by atoms with Gasteiger partial charge in [0, 0.05) is 5.56 Å². The Bertz CT molecular complexity index is 1030. The molecule has 1 aliphatic carbocycles. The number of carbonyl (C=O) groups excluding carboxylic acids is 1. The molecule has 0 radical (unpaired) electrons. The van der Waals surface area contributed by atoms with Crippen LogP contribution in [0.3, 0.4) is 0 Å². The Morgan fingerprint density at radius 1 is 1.10 bits per heavy atom. The van der Waals surface area contributed by atoms with Gasteiger partial charge in [0.25, 0.3) is 0 Å². The quantitative estimate of drug-likeness (QED) is 0.362. The molecule has 31 heavy (non-hydrogen) atoms. The zero-order valence-corrected chi connectivity index (χ0v) is 17.1. The van der Waals surface area contributed by atoms with Crippen molar-refractivity contribution in [3.63, 3.8) is 0 Å². The minimum atomic E-state index is -4.73. The van der Waals surface area contributed by atoms with Gasteiger partial charge in [-0.2, -0.15) is 13.2 Å². The molecule has 1 saturated carbocycles. The third-order valence-electron chi connectivity index (χ3n) is 5.46. The van der Waals surface area contributed by atoms with Crippen LogP contribution in [0.25, 0.3) is 11.1 Å². The number of carbonyl (C=O) groups is 1. The second-order valence-corrected chi connectivity index (χ2v) is 8.25. The van der Waals surface area contributed by atoms with Crippen LogP contribution in [0.15, 0.2) is 47.5 Å². The highest BCUT2D eigenvalue weighted by Crippen LogP contribution is 2.60. The zero-order valence-electron chi connectivity index (χ0n) is 16.4. The van der Waals surface area contributed by atoms with Crippen molar-refractivity contribution in [2.24, 2.45) is 17.3 Å². The molecule has 2 aromatic rings. The molecule has 0 N–H and O–H groups in total. The van der Waals surface area contributed by atoms with Crippen LogP contribution in [0.2, 0.25) is 0 Å². The van der Waals surface area contributed by atoms with Crippen molar-refractivity contribution >= 4 is 17.6 Å². The van der Waals surface area contributed by atoms with Crippen LogP contribution in [0, 0.1) is 34.7 Å². The van der Waals surface area contributed by atoms with E-state index in [4.69, 9.17) is 16.3 Å². The molecule has 0 bridgehead atoms. The number of halogens is 7. The molecule has 0 saturated heterocycles. The van der Waals surface area contributed by atoms with E-state index >= 15 is 0 Å². The Morgan fingerprint density at radius 2 is 1.71 bits per heavy atom. The number of rotatable bonds is 5. The minimum absolute atomic E-state index is 0.0167. The van der Waals surface area contributed by atoms with Gasteiger partial charge in [-0.15, -0.1) is 0 Å². The van der Waals surface area contributed by atoms with Crippen molar-refractivity contribution in [1.82, 2.24) is 0 Å². The van der Waals surface area contributed by atoms with Crippen LogP contribution in [0.1, 0.15) is 19.4 Å². The van der Waals surface area contributed by atoms with Gasteiger partial charge < -0.3 is 4.74 Å². The van der Waals surface area contributed by atoms with Gasteiger partial charge in [-0.25, -0.2) is 13.2 Å². The van der Waals surface area contributed by atoms with Gasteiger partial charge >= 0.3 is 12.1 Å². The van der Waals surface area contributed by atoms with Crippen LogP contribution in [-0.2, 0) is 16.1 Å². The number of allylic oxidation sites excluding steroid dienone is 2. The monoisotopic (exact) mass is 462 g/mol. The van der Waals surface area contributed by atoms with E-state index in [0.29, 0.717) is 5.56 Å². The first kappa shape index (κ1) is 23.2. The molecular formula is C22H17ClF6O2. The average Bonchev–Trinajstić information content (AvgIpc) is 3.21. The Hall–Kier alpha value is -2.48. The fraction of sp³-hybridized carbons (Fsp3) is 0.318. The molecule has 2 atom stereocenters. The van der Waals surface area contributed by atoms with E-state index in [0.717, 1.165) is 24.3 Å². The first-order valence-electron chi connectivity index (χ1n) is 9.18. The molecule has 2 nitrogen and oxygen atoms in total. The van der Waals surface area contributed by atoms with Gasteiger partial charge in [0.2, 0.25) is 0 Å². The van der Waals surface area contributed by atoms with E-state index in [1.165, 1.54) is 18.2 Å². The number of alkyl halides is 3. The van der Waals surface area contributed by atoms with E-state index in [2.05, 4.69) is 0 Å². The molecular weight excluding hydrogens is 446 g/mol. The Morgan fingerprint density at radius 3 is 2.29 bits per heavy atom. The van der Waals surface area contributed by atoms with Crippen molar-refractivity contribution in [3.8, 4) is 11.1 Å². The maximum atomic E-state index is 14.8. The second kappa shape index (κ2) is 8.22. The highest BCUT2D eigenvalue weighted by Gasteiger charge is 2.62. The summed E-state index contributed by atoms with van der Waals surface area (Å²) < 4.78 is 85.1. The summed E-state index contributed by atoms with van der Waals surface area (Å²) in [6, 6.07) is 7.03. The summed E-state index contributed by atoms with van der Waals surface area (Å²) in [5.74, 6) is -5.11. The number of hydrogen-bond acceptors (Lipinski definition) is 2. The van der Waals surface area contributed by atoms with Gasteiger partial charge in [-0.1, -0.05) is 43.7 Å². The molecule has 0 spiro atoms. The number of esters is 1. The number of ether oxygens (including phenoxy) is 1. The third kappa shape index (κ3) is 4.74. The highest BCUT2D eigenvalue weighted by molar-refractivity contribution is 6.30. The van der Waals surface area contributed by atoms with Crippen LogP contribution < -0.4 is 0 Å². The molecule has 166 valence electrons. The largest absolute Gasteiger partial charge is 0.460 e. The molecule has 0 amide bonds. The van der Waals surface area contributed by atoms with E-state index in [1.54, 1.807) is 13.8 Å². The molecule has 1 fully saturated rings. The fourth-order valence-corrected chi connectivity index (χ4v) is 3.64. The first-order valence-corrected chi connectivity index (χ1v) is 9.55. The van der Waals surface area contributed by atoms with Crippen molar-refractivity contribution in [2.45, 2.75) is 26.6 Å². The predicted molar refractivity (Wildman–Crippen MR) is 102 cm³/mol. The predicted octanol–water partition coefficient (Wildman–Crippen LogP) is 6.77. The molecule has 2 aromatic carbocycles. The van der Waals surface area contributed by atoms with E-state index in [9.17, 15) is 31.1 Å². The summed E-state index contributed by atoms with van der Waals surface area (Å²) in [4.78, 5) is 12.4. The lowest BCUT2D eigenvalue weighted by Gasteiger charge is -2.11. The molecule has 0 aliphatic heterocycles. The SMILES string of the molecule is CC1(C)C(C=C(Cl)C(F)(F)F)C1C(=O)OCc1c(F)ccc(-c2ccc(F)cc2)c1F. The molecule has 9 heteroatoms. The Kier molecular flexibility index (Phi) is 6.15. The molecule has 2 unspecified atom stereocenters. The smallest absolute Gasteiger partial charge is 0.426 e. The molecule has 0 heterocycles. The molecule has 3 rings (SSSR count). The van der Waals surface area contributed by atoms with Crippen molar-refractivity contribution in [2.75, 3.05) is 0 Å².